The van der Waals surface area contributed by atoms with Crippen molar-refractivity contribution in [2.45, 2.75) is 6.92 Å². The summed E-state index contributed by atoms with van der Waals surface area (Å²) in [5.74, 6) is 0. The number of aryl methyl sites for hydroxylation is 1. The molecule has 3 heterocycles. The first-order chi connectivity index (χ1) is 6.86. The van der Waals surface area contributed by atoms with Crippen molar-refractivity contribution >= 4 is 21.9 Å². The second-order valence-corrected chi connectivity index (χ2v) is 3.39. The maximum absolute atomic E-state index is 4.38. The van der Waals surface area contributed by atoms with E-state index >= 15 is 0 Å². The van der Waals surface area contributed by atoms with Crippen LogP contribution in [0.2, 0.25) is 0 Å². The molecule has 14 heavy (non-hydrogen) atoms. The van der Waals surface area contributed by atoms with E-state index in [9.17, 15) is 0 Å². The fraction of sp³-hybridized carbons (Fsp3) is 0.0909. The Balaban J connectivity index is 2.65. The van der Waals surface area contributed by atoms with Crippen LogP contribution in [0.5, 0.6) is 0 Å². The molecule has 0 aliphatic carbocycles. The Labute approximate surface area is 80.8 Å². The molecule has 3 aromatic rings. The Hall–Kier alpha value is -1.90. The highest BCUT2D eigenvalue weighted by atomic mass is 14.8. The number of fused-ring (bicyclic) bond motifs is 3. The summed E-state index contributed by atoms with van der Waals surface area (Å²) in [5, 5.41) is 2.21. The molecule has 3 aromatic heterocycles. The molecule has 0 bridgehead atoms. The molecule has 3 nitrogen and oxygen atoms in total. The summed E-state index contributed by atoms with van der Waals surface area (Å²) in [5.41, 5.74) is 3.13. The first kappa shape index (κ1) is 7.50. The number of H-pyrrole nitrogens is 1. The molecule has 0 amide bonds. The molecule has 3 heteroatoms. The van der Waals surface area contributed by atoms with Gasteiger partial charge in [-0.25, -0.2) is 4.98 Å². The average molecular weight is 183 g/mol. The molecule has 0 saturated carbocycles. The lowest BCUT2D eigenvalue weighted by Gasteiger charge is -1.97. The van der Waals surface area contributed by atoms with Gasteiger partial charge in [0.1, 0.15) is 5.65 Å². The summed E-state index contributed by atoms with van der Waals surface area (Å²) < 4.78 is 0. The van der Waals surface area contributed by atoms with Gasteiger partial charge in [-0.15, -0.1) is 0 Å². The molecule has 0 radical (unpaired) electrons. The van der Waals surface area contributed by atoms with Crippen LogP contribution >= 0.6 is 0 Å². The molecule has 68 valence electrons. The van der Waals surface area contributed by atoms with Gasteiger partial charge in [-0.05, 0) is 24.6 Å². The molecule has 0 atom stereocenters. The number of pyridine rings is 2. The molecular weight excluding hydrogens is 174 g/mol. The van der Waals surface area contributed by atoms with E-state index in [-0.39, 0.29) is 0 Å². The average Bonchev–Trinajstić information content (AvgIpc) is 2.61. The molecule has 0 spiro atoms. The van der Waals surface area contributed by atoms with Crippen molar-refractivity contribution in [1.82, 2.24) is 15.0 Å². The summed E-state index contributed by atoms with van der Waals surface area (Å²) in [6.45, 7) is 2.06. The Morgan fingerprint density at radius 1 is 1.29 bits per heavy atom. The molecule has 1 N–H and O–H groups in total. The van der Waals surface area contributed by atoms with Gasteiger partial charge in [-0.3, -0.25) is 4.98 Å². The minimum atomic E-state index is 0.911. The first-order valence-electron chi connectivity index (χ1n) is 4.53. The van der Waals surface area contributed by atoms with Crippen molar-refractivity contribution in [3.8, 4) is 0 Å². The quantitative estimate of drug-likeness (QED) is 0.581. The number of nitrogens with one attached hydrogen (secondary N) is 1. The fourth-order valence-electron chi connectivity index (χ4n) is 1.77. The summed E-state index contributed by atoms with van der Waals surface area (Å²) in [6.07, 6.45) is 5.63. The zero-order valence-electron chi connectivity index (χ0n) is 7.78. The lowest BCUT2D eigenvalue weighted by Crippen LogP contribution is -1.83. The third-order valence-electron chi connectivity index (χ3n) is 2.46. The topological polar surface area (TPSA) is 41.6 Å². The molecule has 3 rings (SSSR count). The molecular formula is C11H9N3. The van der Waals surface area contributed by atoms with Crippen LogP contribution in [0, 0.1) is 6.92 Å². The van der Waals surface area contributed by atoms with Crippen LogP contribution in [0.1, 0.15) is 5.56 Å². The maximum atomic E-state index is 4.38. The minimum Gasteiger partial charge on any atom is -0.346 e. The van der Waals surface area contributed by atoms with Gasteiger partial charge in [-0.2, -0.15) is 0 Å². The van der Waals surface area contributed by atoms with E-state index in [0.717, 1.165) is 21.9 Å². The zero-order valence-corrected chi connectivity index (χ0v) is 7.78. The van der Waals surface area contributed by atoms with E-state index in [0.29, 0.717) is 0 Å². The van der Waals surface area contributed by atoms with Crippen molar-refractivity contribution < 1.29 is 0 Å². The van der Waals surface area contributed by atoms with Crippen LogP contribution in [0.3, 0.4) is 0 Å². The van der Waals surface area contributed by atoms with Crippen molar-refractivity contribution in [3.63, 3.8) is 0 Å². The highest BCUT2D eigenvalue weighted by Gasteiger charge is 2.05. The number of aromatic amines is 1. The van der Waals surface area contributed by atoms with Crippen LogP contribution in [-0.4, -0.2) is 15.0 Å². The first-order valence-corrected chi connectivity index (χ1v) is 4.53. The van der Waals surface area contributed by atoms with Crippen molar-refractivity contribution in [1.29, 1.82) is 0 Å². The normalized spacial score (nSPS) is 11.2. The lowest BCUT2D eigenvalue weighted by atomic mass is 10.2. The van der Waals surface area contributed by atoms with Crippen LogP contribution in [0.4, 0.5) is 0 Å². The fourth-order valence-corrected chi connectivity index (χ4v) is 1.77. The van der Waals surface area contributed by atoms with E-state index in [4.69, 9.17) is 0 Å². The van der Waals surface area contributed by atoms with E-state index in [1.807, 2.05) is 30.7 Å². The van der Waals surface area contributed by atoms with Crippen molar-refractivity contribution in [2.24, 2.45) is 0 Å². The Kier molecular flexibility index (Phi) is 1.36. The van der Waals surface area contributed by atoms with Gasteiger partial charge in [0.15, 0.2) is 0 Å². The smallest absolute Gasteiger partial charge is 0.139 e. The molecule has 0 aliphatic rings. The highest BCUT2D eigenvalue weighted by Crippen LogP contribution is 2.23. The van der Waals surface area contributed by atoms with Crippen LogP contribution in [0.15, 0.2) is 30.7 Å². The van der Waals surface area contributed by atoms with Gasteiger partial charge in [0.25, 0.3) is 0 Å². The minimum absolute atomic E-state index is 0.911. The van der Waals surface area contributed by atoms with Crippen LogP contribution in [-0.2, 0) is 0 Å². The van der Waals surface area contributed by atoms with Gasteiger partial charge in [0, 0.05) is 29.4 Å². The van der Waals surface area contributed by atoms with E-state index < -0.39 is 0 Å². The maximum Gasteiger partial charge on any atom is 0.139 e. The standard InChI is InChI=1S/C11H9N3/c1-7-5-13-11-9(7)10-8(6-14-11)3-2-4-12-10/h2-6H,1H3,(H,13,14). The van der Waals surface area contributed by atoms with Crippen LogP contribution < -0.4 is 0 Å². The summed E-state index contributed by atoms with van der Waals surface area (Å²) in [7, 11) is 0. The third kappa shape index (κ3) is 0.865. The largest absolute Gasteiger partial charge is 0.346 e. The Morgan fingerprint density at radius 2 is 2.21 bits per heavy atom. The molecule has 0 aromatic carbocycles. The number of hydrogen-bond acceptors (Lipinski definition) is 2. The van der Waals surface area contributed by atoms with E-state index in [1.165, 1.54) is 5.56 Å². The number of rotatable bonds is 0. The number of nitrogens with zero attached hydrogens (tertiary/aromatic N) is 2. The molecule has 0 aliphatic heterocycles. The van der Waals surface area contributed by atoms with Gasteiger partial charge < -0.3 is 4.98 Å². The van der Waals surface area contributed by atoms with Crippen LogP contribution in [0.25, 0.3) is 21.9 Å². The van der Waals surface area contributed by atoms with Gasteiger partial charge in [0.2, 0.25) is 0 Å². The highest BCUT2D eigenvalue weighted by molar-refractivity contribution is 6.03. The monoisotopic (exact) mass is 183 g/mol. The lowest BCUT2D eigenvalue weighted by molar-refractivity contribution is 1.32. The predicted molar refractivity (Wildman–Crippen MR) is 56.1 cm³/mol. The second kappa shape index (κ2) is 2.54. The second-order valence-electron chi connectivity index (χ2n) is 3.39. The number of hydrogen-bond donors (Lipinski definition) is 1. The van der Waals surface area contributed by atoms with E-state index in [1.54, 1.807) is 0 Å². The van der Waals surface area contributed by atoms with Gasteiger partial charge >= 0.3 is 0 Å². The summed E-state index contributed by atoms with van der Waals surface area (Å²) >= 11 is 0. The van der Waals surface area contributed by atoms with Gasteiger partial charge in [0.05, 0.1) is 5.52 Å². The zero-order chi connectivity index (χ0) is 9.54. The van der Waals surface area contributed by atoms with Crippen molar-refractivity contribution in [3.05, 3.63) is 36.3 Å². The number of aromatic nitrogens is 3. The SMILES string of the molecule is Cc1c[nH]c2ncc3cccnc3c12. The van der Waals surface area contributed by atoms with Crippen molar-refractivity contribution in [2.75, 3.05) is 0 Å². The summed E-state index contributed by atoms with van der Waals surface area (Å²) in [6, 6.07) is 3.96. The Bertz CT molecular complexity index is 610. The third-order valence-corrected chi connectivity index (χ3v) is 2.46. The molecule has 0 fully saturated rings. The van der Waals surface area contributed by atoms with E-state index in [2.05, 4.69) is 21.9 Å². The molecule has 0 saturated heterocycles. The molecule has 0 unspecified atom stereocenters. The van der Waals surface area contributed by atoms with Gasteiger partial charge in [-0.1, -0.05) is 0 Å². The predicted octanol–water partition coefficient (Wildman–Crippen LogP) is 2.42. The Morgan fingerprint density at radius 3 is 3.14 bits per heavy atom. The summed E-state index contributed by atoms with van der Waals surface area (Å²) in [4.78, 5) is 11.8.